The molecular weight excluding hydrogens is 523 g/mol. The molecule has 41 heavy (non-hydrogen) atoms. The van der Waals surface area contributed by atoms with Crippen molar-refractivity contribution in [1.29, 1.82) is 0 Å². The molecule has 2 N–H and O–H groups in total. The fraction of sp³-hybridized carbons (Fsp3) is 0.455. The minimum Gasteiger partial charge on any atom is -0.493 e. The maximum absolute atomic E-state index is 13.2. The third-order valence-corrected chi connectivity index (χ3v) is 7.49. The molecule has 2 aromatic carbocycles. The van der Waals surface area contributed by atoms with Gasteiger partial charge in [0.25, 0.3) is 0 Å². The topological polar surface area (TPSA) is 92.1 Å². The maximum atomic E-state index is 13.2. The van der Waals surface area contributed by atoms with Gasteiger partial charge in [-0.05, 0) is 81.3 Å². The molecule has 0 spiro atoms. The SMILES string of the molecule is Cc1nc(O)c(-c2ccc(OCCc3ccc(F)cc3)cc2)c(N2CCC(C)(C)CC2)c1[C@H](OC(C)(C)C)C(=O)O. The highest BCUT2D eigenvalue weighted by atomic mass is 19.1. The smallest absolute Gasteiger partial charge is 0.337 e. The number of benzene rings is 2. The Hall–Kier alpha value is -3.65. The van der Waals surface area contributed by atoms with Crippen molar-refractivity contribution in [3.63, 3.8) is 0 Å². The van der Waals surface area contributed by atoms with E-state index in [0.717, 1.165) is 18.4 Å². The highest BCUT2D eigenvalue weighted by molar-refractivity contribution is 5.89. The Morgan fingerprint density at radius 2 is 1.68 bits per heavy atom. The van der Waals surface area contributed by atoms with Crippen LogP contribution in [0.15, 0.2) is 48.5 Å². The second-order valence-corrected chi connectivity index (χ2v) is 12.5. The van der Waals surface area contributed by atoms with Gasteiger partial charge in [0.1, 0.15) is 11.6 Å². The Kier molecular flexibility index (Phi) is 8.92. The van der Waals surface area contributed by atoms with Crippen LogP contribution in [-0.2, 0) is 16.0 Å². The van der Waals surface area contributed by atoms with Crippen LogP contribution < -0.4 is 9.64 Å². The number of aromatic nitrogens is 1. The van der Waals surface area contributed by atoms with Crippen molar-refractivity contribution in [2.24, 2.45) is 5.41 Å². The second-order valence-electron chi connectivity index (χ2n) is 12.5. The van der Waals surface area contributed by atoms with Crippen LogP contribution in [0.5, 0.6) is 11.6 Å². The van der Waals surface area contributed by atoms with Crippen molar-refractivity contribution < 1.29 is 28.9 Å². The molecule has 0 radical (unpaired) electrons. The summed E-state index contributed by atoms with van der Waals surface area (Å²) in [5.74, 6) is -0.883. The summed E-state index contributed by atoms with van der Waals surface area (Å²) in [6.45, 7) is 13.5. The van der Waals surface area contributed by atoms with Gasteiger partial charge < -0.3 is 24.6 Å². The first-order valence-corrected chi connectivity index (χ1v) is 14.1. The standard InChI is InChI=1S/C33H41FN2O5/c1-21-26(29(31(38)39)41-32(2,3)4)28(36-18-16-33(5,6)17-19-36)27(30(37)35-21)23-9-13-25(14-10-23)40-20-15-22-7-11-24(34)12-8-22/h7-14,29H,15-20H2,1-6H3,(H,35,37)(H,38,39)/t29-/m0/s1. The highest BCUT2D eigenvalue weighted by Gasteiger charge is 2.37. The number of rotatable bonds is 9. The highest BCUT2D eigenvalue weighted by Crippen LogP contribution is 2.47. The molecule has 0 unspecified atom stereocenters. The number of aliphatic carboxylic acids is 1. The largest absolute Gasteiger partial charge is 0.493 e. The Balaban J connectivity index is 1.71. The number of pyridine rings is 1. The number of aryl methyl sites for hydroxylation is 1. The summed E-state index contributed by atoms with van der Waals surface area (Å²) in [5.41, 5.74) is 3.12. The second kappa shape index (κ2) is 12.1. The van der Waals surface area contributed by atoms with Gasteiger partial charge >= 0.3 is 5.97 Å². The molecule has 4 rings (SSSR count). The first kappa shape index (κ1) is 30.3. The number of nitrogens with zero attached hydrogens (tertiary/aromatic N) is 2. The van der Waals surface area contributed by atoms with Crippen molar-refractivity contribution in [3.05, 3.63) is 71.2 Å². The molecule has 2 heterocycles. The van der Waals surface area contributed by atoms with Crippen LogP contribution in [0.1, 0.15) is 70.4 Å². The monoisotopic (exact) mass is 564 g/mol. The third kappa shape index (κ3) is 7.55. The van der Waals surface area contributed by atoms with E-state index in [4.69, 9.17) is 9.47 Å². The lowest BCUT2D eigenvalue weighted by atomic mass is 9.82. The zero-order valence-electron chi connectivity index (χ0n) is 24.8. The first-order valence-electron chi connectivity index (χ1n) is 14.1. The van der Waals surface area contributed by atoms with E-state index in [1.54, 1.807) is 19.1 Å². The molecule has 8 heteroatoms. The van der Waals surface area contributed by atoms with Gasteiger partial charge in [-0.15, -0.1) is 0 Å². The van der Waals surface area contributed by atoms with Crippen molar-refractivity contribution in [2.45, 2.75) is 72.5 Å². The summed E-state index contributed by atoms with van der Waals surface area (Å²) in [7, 11) is 0. The number of anilines is 1. The van der Waals surface area contributed by atoms with Crippen LogP contribution in [0.4, 0.5) is 10.1 Å². The van der Waals surface area contributed by atoms with Gasteiger partial charge in [0.15, 0.2) is 6.10 Å². The molecular formula is C33H41FN2O5. The predicted molar refractivity (Wildman–Crippen MR) is 158 cm³/mol. The molecule has 0 bridgehead atoms. The van der Waals surface area contributed by atoms with E-state index in [1.807, 2.05) is 45.0 Å². The minimum atomic E-state index is -1.26. The fourth-order valence-corrected chi connectivity index (χ4v) is 5.17. The number of hydrogen-bond acceptors (Lipinski definition) is 6. The van der Waals surface area contributed by atoms with E-state index in [2.05, 4.69) is 23.7 Å². The predicted octanol–water partition coefficient (Wildman–Crippen LogP) is 7.09. The Bertz CT molecular complexity index is 1350. The summed E-state index contributed by atoms with van der Waals surface area (Å²) >= 11 is 0. The molecule has 3 aromatic rings. The number of halogens is 1. The van der Waals surface area contributed by atoms with Crippen molar-refractivity contribution in [3.8, 4) is 22.8 Å². The molecule has 0 amide bonds. The quantitative estimate of drug-likeness (QED) is 0.287. The van der Waals surface area contributed by atoms with Crippen LogP contribution in [0.3, 0.4) is 0 Å². The number of piperidine rings is 1. The van der Waals surface area contributed by atoms with Gasteiger partial charge in [0.05, 0.1) is 23.5 Å². The summed E-state index contributed by atoms with van der Waals surface area (Å²) in [6, 6.07) is 13.7. The Morgan fingerprint density at radius 3 is 2.24 bits per heavy atom. The van der Waals surface area contributed by atoms with Crippen LogP contribution >= 0.6 is 0 Å². The number of carboxylic acids is 1. The molecule has 1 aliphatic rings. The lowest BCUT2D eigenvalue weighted by Gasteiger charge is -2.41. The van der Waals surface area contributed by atoms with E-state index in [0.29, 0.717) is 59.9 Å². The van der Waals surface area contributed by atoms with E-state index in [1.165, 1.54) is 12.1 Å². The number of ether oxygens (including phenoxy) is 2. The lowest BCUT2D eigenvalue weighted by molar-refractivity contribution is -0.160. The van der Waals surface area contributed by atoms with Crippen LogP contribution in [-0.4, -0.2) is 46.5 Å². The van der Waals surface area contributed by atoms with E-state index in [9.17, 15) is 19.4 Å². The molecule has 7 nitrogen and oxygen atoms in total. The van der Waals surface area contributed by atoms with Gasteiger partial charge in [-0.1, -0.05) is 38.1 Å². The lowest BCUT2D eigenvalue weighted by Crippen LogP contribution is -2.39. The molecule has 1 aromatic heterocycles. The number of carboxylic acid groups (broad SMARTS) is 1. The molecule has 0 aliphatic carbocycles. The molecule has 220 valence electrons. The van der Waals surface area contributed by atoms with Gasteiger partial charge in [-0.25, -0.2) is 14.2 Å². The van der Waals surface area contributed by atoms with E-state index >= 15 is 0 Å². The number of hydrogen-bond donors (Lipinski definition) is 2. The third-order valence-electron chi connectivity index (χ3n) is 7.49. The summed E-state index contributed by atoms with van der Waals surface area (Å²) in [4.78, 5) is 19.2. The Morgan fingerprint density at radius 1 is 1.07 bits per heavy atom. The van der Waals surface area contributed by atoms with Gasteiger partial charge in [-0.3, -0.25) is 0 Å². The van der Waals surface area contributed by atoms with Gasteiger partial charge in [0.2, 0.25) is 5.88 Å². The molecule has 0 saturated carbocycles. The van der Waals surface area contributed by atoms with Crippen LogP contribution in [0.2, 0.25) is 0 Å². The molecule has 1 fully saturated rings. The molecule has 1 atom stereocenters. The summed E-state index contributed by atoms with van der Waals surface area (Å²) < 4.78 is 25.2. The van der Waals surface area contributed by atoms with Gasteiger partial charge in [0, 0.05) is 30.8 Å². The number of aromatic hydroxyl groups is 1. The Labute approximate surface area is 242 Å². The van der Waals surface area contributed by atoms with Crippen LogP contribution in [0, 0.1) is 18.2 Å². The van der Waals surface area contributed by atoms with E-state index in [-0.39, 0.29) is 17.1 Å². The normalized spacial score (nSPS) is 15.9. The van der Waals surface area contributed by atoms with Crippen molar-refractivity contribution in [1.82, 2.24) is 4.98 Å². The van der Waals surface area contributed by atoms with Crippen molar-refractivity contribution >= 4 is 11.7 Å². The summed E-state index contributed by atoms with van der Waals surface area (Å²) in [6.07, 6.45) is 1.22. The van der Waals surface area contributed by atoms with E-state index < -0.39 is 17.7 Å². The molecule has 1 saturated heterocycles. The average molecular weight is 565 g/mol. The zero-order chi connectivity index (χ0) is 29.9. The maximum Gasteiger partial charge on any atom is 0.337 e. The average Bonchev–Trinajstić information content (AvgIpc) is 2.88. The molecule has 1 aliphatic heterocycles. The summed E-state index contributed by atoms with van der Waals surface area (Å²) in [5, 5.41) is 21.5. The fourth-order valence-electron chi connectivity index (χ4n) is 5.17. The first-order chi connectivity index (χ1) is 19.2. The van der Waals surface area contributed by atoms with Crippen LogP contribution in [0.25, 0.3) is 11.1 Å². The van der Waals surface area contributed by atoms with Gasteiger partial charge in [-0.2, -0.15) is 0 Å². The number of carbonyl (C=O) groups is 1. The van der Waals surface area contributed by atoms with Crippen molar-refractivity contribution in [2.75, 3.05) is 24.6 Å². The zero-order valence-corrected chi connectivity index (χ0v) is 24.8. The minimum absolute atomic E-state index is 0.157.